The van der Waals surface area contributed by atoms with Crippen LogP contribution < -0.4 is 5.32 Å². The Morgan fingerprint density at radius 1 is 0.691 bits per heavy atom. The van der Waals surface area contributed by atoms with Crippen molar-refractivity contribution in [2.75, 3.05) is 65.6 Å². The van der Waals surface area contributed by atoms with E-state index in [1.165, 1.54) is 87.8 Å². The van der Waals surface area contributed by atoms with Gasteiger partial charge in [0.25, 0.3) is 6.57 Å². The fourth-order valence-electron chi connectivity index (χ4n) is 6.90. The molecule has 2 aliphatic heterocycles. The van der Waals surface area contributed by atoms with Crippen LogP contribution in [0.2, 0.25) is 0 Å². The first-order valence-corrected chi connectivity index (χ1v) is 19.7. The molecule has 4 aliphatic rings. The van der Waals surface area contributed by atoms with Crippen LogP contribution >= 0.6 is 0 Å². The number of rotatable bonds is 9. The molecule has 9 heteroatoms. The van der Waals surface area contributed by atoms with E-state index in [0.717, 1.165) is 64.0 Å². The number of allylic oxidation sites excluding steroid dienone is 1. The van der Waals surface area contributed by atoms with Crippen molar-refractivity contribution in [3.63, 3.8) is 0 Å². The average molecular weight is 796 g/mol. The Hall–Kier alpha value is -3.51. The maximum absolute atomic E-state index is 12.1. The summed E-state index contributed by atoms with van der Waals surface area (Å²) in [5.74, 6) is 0.149. The summed E-state index contributed by atoms with van der Waals surface area (Å²) in [5, 5.41) is 5.68. The number of benzene rings is 3. The number of likely N-dealkylation sites (tertiary alicyclic amines) is 1. The monoisotopic (exact) mass is 795 g/mol. The van der Waals surface area contributed by atoms with Crippen molar-refractivity contribution in [3.05, 3.63) is 110 Å². The summed E-state index contributed by atoms with van der Waals surface area (Å²) in [6.45, 7) is 17.3. The van der Waals surface area contributed by atoms with Gasteiger partial charge in [0.05, 0.1) is 11.1 Å². The van der Waals surface area contributed by atoms with Crippen molar-refractivity contribution in [2.45, 2.75) is 77.0 Å². The summed E-state index contributed by atoms with van der Waals surface area (Å²) >= 11 is 0. The Morgan fingerprint density at radius 3 is 1.64 bits per heavy atom. The van der Waals surface area contributed by atoms with Crippen LogP contribution in [0.25, 0.3) is 15.6 Å². The Labute approximate surface area is 343 Å². The molecule has 8 nitrogen and oxygen atoms in total. The number of carbonyl (C=O) groups excluding carboxylic acids is 2. The van der Waals surface area contributed by atoms with Gasteiger partial charge in [-0.05, 0) is 90.6 Å². The Kier molecular flexibility index (Phi) is 26.8. The van der Waals surface area contributed by atoms with Gasteiger partial charge in [0.2, 0.25) is 0 Å². The van der Waals surface area contributed by atoms with Crippen LogP contribution in [0.4, 0.5) is 5.69 Å². The van der Waals surface area contributed by atoms with E-state index in [1.54, 1.807) is 24.3 Å². The fraction of sp³-hybridized carbons (Fsp3) is 0.500. The van der Waals surface area contributed by atoms with E-state index in [2.05, 4.69) is 38.7 Å². The minimum Gasteiger partial charge on any atom is -0.461 e. The summed E-state index contributed by atoms with van der Waals surface area (Å²) in [6.07, 6.45) is 19.0. The van der Waals surface area contributed by atoms with Crippen LogP contribution in [0.15, 0.2) is 79.4 Å². The quantitative estimate of drug-likeness (QED) is 0.100. The summed E-state index contributed by atoms with van der Waals surface area (Å²) in [5.41, 5.74) is 1.72. The molecule has 2 saturated carbocycles. The van der Waals surface area contributed by atoms with Gasteiger partial charge in [0.1, 0.15) is 13.2 Å². The second-order valence-electron chi connectivity index (χ2n) is 14.1. The molecular formula is C46H67FeN4O4+. The number of piperazine rings is 1. The second-order valence-corrected chi connectivity index (χ2v) is 14.1. The molecule has 55 heavy (non-hydrogen) atoms. The minimum atomic E-state index is -0.361. The Morgan fingerprint density at radius 2 is 1.16 bits per heavy atom. The molecule has 2 aliphatic carbocycles. The van der Waals surface area contributed by atoms with E-state index >= 15 is 0 Å². The zero-order valence-corrected chi connectivity index (χ0v) is 34.8. The van der Waals surface area contributed by atoms with Gasteiger partial charge in [-0.3, -0.25) is 9.80 Å². The van der Waals surface area contributed by atoms with Gasteiger partial charge in [0.15, 0.2) is 0 Å². The third-order valence-electron chi connectivity index (χ3n) is 10.2. The van der Waals surface area contributed by atoms with Crippen molar-refractivity contribution in [1.29, 1.82) is 0 Å². The van der Waals surface area contributed by atoms with Gasteiger partial charge >= 0.3 is 34.7 Å². The molecule has 0 amide bonds. The molecule has 4 fully saturated rings. The summed E-state index contributed by atoms with van der Waals surface area (Å²) < 4.78 is 10.7. The molecule has 0 unspecified atom stereocenters. The third kappa shape index (κ3) is 19.3. The number of fused-ring (bicyclic) bond motifs is 1. The SMILES string of the molecule is C#[N+]c1ccc2ccccc2c1.C1CCCC1.C=CC1CCCC1.O=C(OCCN1CCCCC1)c1ccc(C(=O)OCCN2CCNCC2)cc1.[CH3-].[CH3-].[Fe+2]. The molecule has 3 aromatic carbocycles. The number of hydrogen-bond acceptors (Lipinski definition) is 7. The number of esters is 2. The number of nitrogens with zero attached hydrogens (tertiary/aromatic N) is 3. The summed E-state index contributed by atoms with van der Waals surface area (Å²) in [6, 6.07) is 20.5. The first kappa shape index (κ1) is 49.5. The number of hydrogen-bond donors (Lipinski definition) is 1. The van der Waals surface area contributed by atoms with Gasteiger partial charge in [-0.15, -0.1) is 6.58 Å². The maximum Gasteiger partial charge on any atom is 2.00 e. The van der Waals surface area contributed by atoms with Crippen molar-refractivity contribution in [1.82, 2.24) is 15.1 Å². The molecule has 0 aromatic heterocycles. The third-order valence-corrected chi connectivity index (χ3v) is 10.2. The van der Waals surface area contributed by atoms with Gasteiger partial charge in [-0.1, -0.05) is 81.7 Å². The van der Waals surface area contributed by atoms with Gasteiger partial charge in [0, 0.05) is 51.4 Å². The molecule has 7 rings (SSSR count). The number of carbonyl (C=O) groups is 2. The minimum absolute atomic E-state index is 0. The number of piperidine rings is 1. The van der Waals surface area contributed by atoms with Gasteiger partial charge in [-0.25, -0.2) is 9.59 Å². The predicted octanol–water partition coefficient (Wildman–Crippen LogP) is 10.0. The van der Waals surface area contributed by atoms with Crippen LogP contribution in [-0.2, 0) is 26.5 Å². The number of nitrogens with one attached hydrogen (secondary N) is 1. The van der Waals surface area contributed by atoms with Crippen molar-refractivity contribution >= 4 is 28.4 Å². The molecule has 0 atom stereocenters. The van der Waals surface area contributed by atoms with E-state index in [1.807, 2.05) is 36.4 Å². The zero-order valence-electron chi connectivity index (χ0n) is 33.7. The van der Waals surface area contributed by atoms with Crippen LogP contribution in [-0.4, -0.2) is 87.3 Å². The van der Waals surface area contributed by atoms with Crippen LogP contribution in [0.1, 0.15) is 97.8 Å². The first-order valence-electron chi connectivity index (χ1n) is 19.7. The zero-order chi connectivity index (χ0) is 36.6. The maximum atomic E-state index is 12.1. The topological polar surface area (TPSA) is 75.5 Å². The first-order chi connectivity index (χ1) is 25.6. The summed E-state index contributed by atoms with van der Waals surface area (Å²) in [7, 11) is 0. The van der Waals surface area contributed by atoms with Gasteiger partial charge in [-0.2, -0.15) is 0 Å². The van der Waals surface area contributed by atoms with Crippen molar-refractivity contribution in [2.24, 2.45) is 5.92 Å². The number of ether oxygens (including phenoxy) is 2. The molecule has 3 aromatic rings. The molecule has 302 valence electrons. The fourth-order valence-corrected chi connectivity index (χ4v) is 6.90. The predicted molar refractivity (Wildman–Crippen MR) is 227 cm³/mol. The van der Waals surface area contributed by atoms with Crippen molar-refractivity contribution in [3.8, 4) is 6.57 Å². The van der Waals surface area contributed by atoms with Crippen LogP contribution in [0.3, 0.4) is 0 Å². The smallest absolute Gasteiger partial charge is 0.461 e. The molecule has 2 heterocycles. The normalized spacial score (nSPS) is 16.6. The van der Waals surface area contributed by atoms with E-state index in [0.29, 0.717) is 24.3 Å². The molecule has 1 N–H and O–H groups in total. The molecule has 2 saturated heterocycles. The van der Waals surface area contributed by atoms with Crippen molar-refractivity contribution < 1.29 is 36.1 Å². The molecule has 0 spiro atoms. The van der Waals surface area contributed by atoms with E-state index in [9.17, 15) is 9.59 Å². The Bertz CT molecular complexity index is 1460. The van der Waals surface area contributed by atoms with Crippen LogP contribution in [0.5, 0.6) is 0 Å². The van der Waals surface area contributed by atoms with E-state index < -0.39 is 0 Å². The average Bonchev–Trinajstić information content (AvgIpc) is 3.98. The second kappa shape index (κ2) is 29.7. The van der Waals surface area contributed by atoms with E-state index in [4.69, 9.17) is 16.0 Å². The van der Waals surface area contributed by atoms with Crippen LogP contribution in [0, 0.1) is 27.3 Å². The summed E-state index contributed by atoms with van der Waals surface area (Å²) in [4.78, 5) is 32.5. The molecular weight excluding hydrogens is 728 g/mol. The standard InChI is InChI=1S/C21H31N3O4.C11H8N.C7H12.C5H10.2CH3.Fe/c25-20(27-16-14-23-10-2-1-3-11-23)18-4-6-19(7-5-18)21(26)28-17-15-24-12-8-22-9-13-24;1-12-11-7-6-9-4-2-3-5-10(9)8-11;1-2-7-5-3-4-6-7;1-2-4-5-3-1;;;/h4-7,22H,1-3,8-17H2;1-8H;2,7H,1,3-6H2;1-5H2;2*1H3;/q;+1;;;2*-1;+2. The molecule has 0 bridgehead atoms. The molecule has 0 radical (unpaired) electrons. The van der Waals surface area contributed by atoms with E-state index in [-0.39, 0.29) is 43.9 Å². The van der Waals surface area contributed by atoms with Gasteiger partial charge < -0.3 is 29.6 Å². The Balaban J connectivity index is 0.000000456. The largest absolute Gasteiger partial charge is 2.00 e.